The van der Waals surface area contributed by atoms with Crippen molar-refractivity contribution in [1.29, 1.82) is 0 Å². The third-order valence-corrected chi connectivity index (χ3v) is 4.14. The smallest absolute Gasteiger partial charge is 0.161 e. The fraction of sp³-hybridized carbons (Fsp3) is 0.500. The molecule has 0 aliphatic carbocycles. The van der Waals surface area contributed by atoms with Gasteiger partial charge in [-0.3, -0.25) is 4.79 Å². The van der Waals surface area contributed by atoms with Crippen LogP contribution in [0.5, 0.6) is 11.5 Å². The van der Waals surface area contributed by atoms with E-state index in [4.69, 9.17) is 9.47 Å². The molecule has 2 rings (SSSR count). The Kier molecular flexibility index (Phi) is 6.62. The van der Waals surface area contributed by atoms with E-state index in [2.05, 4.69) is 16.8 Å². The van der Waals surface area contributed by atoms with Gasteiger partial charge in [-0.1, -0.05) is 12.1 Å². The number of ether oxygens (including phenoxy) is 2. The number of hydrogen-bond acceptors (Lipinski definition) is 5. The predicted molar refractivity (Wildman–Crippen MR) is 92.1 cm³/mol. The Labute approximate surface area is 138 Å². The maximum absolute atomic E-state index is 12.0. The molecule has 1 aliphatic heterocycles. The molecule has 0 atom stereocenters. The van der Waals surface area contributed by atoms with Gasteiger partial charge in [-0.05, 0) is 30.8 Å². The number of allylic oxidation sites excluding steroid dienone is 1. The molecule has 23 heavy (non-hydrogen) atoms. The Hall–Kier alpha value is -1.85. The van der Waals surface area contributed by atoms with Gasteiger partial charge in [0.25, 0.3) is 0 Å². The van der Waals surface area contributed by atoms with Gasteiger partial charge in [0, 0.05) is 39.1 Å². The van der Waals surface area contributed by atoms with E-state index in [0.717, 1.165) is 38.3 Å². The van der Waals surface area contributed by atoms with Crippen molar-refractivity contribution in [2.24, 2.45) is 0 Å². The standard InChI is InChI=1S/C18H26N2O3/c1-19-10-12-20(13-11-19)9-8-16(21)6-4-15-5-7-17(22-2)18(14-15)23-3/h4-7,14H,8-13H2,1-3H3. The number of nitrogens with zero attached hydrogens (tertiary/aromatic N) is 2. The molecule has 1 aromatic rings. The summed E-state index contributed by atoms with van der Waals surface area (Å²) in [6.45, 7) is 5.08. The first-order valence-corrected chi connectivity index (χ1v) is 7.96. The van der Waals surface area contributed by atoms with E-state index in [9.17, 15) is 4.79 Å². The molecule has 0 saturated carbocycles. The number of rotatable bonds is 7. The summed E-state index contributed by atoms with van der Waals surface area (Å²) >= 11 is 0. The van der Waals surface area contributed by atoms with Crippen molar-refractivity contribution in [2.45, 2.75) is 6.42 Å². The van der Waals surface area contributed by atoms with Crippen LogP contribution in [0.25, 0.3) is 6.08 Å². The van der Waals surface area contributed by atoms with E-state index in [1.807, 2.05) is 24.3 Å². The lowest BCUT2D eigenvalue weighted by Crippen LogP contribution is -2.44. The normalized spacial score (nSPS) is 16.7. The van der Waals surface area contributed by atoms with Gasteiger partial charge >= 0.3 is 0 Å². The highest BCUT2D eigenvalue weighted by atomic mass is 16.5. The van der Waals surface area contributed by atoms with E-state index in [1.54, 1.807) is 20.3 Å². The van der Waals surface area contributed by atoms with Gasteiger partial charge < -0.3 is 19.3 Å². The van der Waals surface area contributed by atoms with Gasteiger partial charge in [0.2, 0.25) is 0 Å². The number of piperazine rings is 1. The number of benzene rings is 1. The third-order valence-electron chi connectivity index (χ3n) is 4.14. The van der Waals surface area contributed by atoms with Gasteiger partial charge in [-0.2, -0.15) is 0 Å². The van der Waals surface area contributed by atoms with Crippen LogP contribution in [0.15, 0.2) is 24.3 Å². The average molecular weight is 318 g/mol. The highest BCUT2D eigenvalue weighted by Crippen LogP contribution is 2.27. The minimum atomic E-state index is 0.152. The molecule has 126 valence electrons. The molecule has 5 nitrogen and oxygen atoms in total. The van der Waals surface area contributed by atoms with Crippen molar-refractivity contribution in [1.82, 2.24) is 9.80 Å². The van der Waals surface area contributed by atoms with Gasteiger partial charge in [0.05, 0.1) is 14.2 Å². The molecule has 0 amide bonds. The van der Waals surface area contributed by atoms with Crippen LogP contribution in [-0.4, -0.2) is 69.6 Å². The van der Waals surface area contributed by atoms with Gasteiger partial charge in [-0.15, -0.1) is 0 Å². The van der Waals surface area contributed by atoms with Crippen LogP contribution in [0.4, 0.5) is 0 Å². The highest BCUT2D eigenvalue weighted by molar-refractivity contribution is 5.93. The van der Waals surface area contributed by atoms with Crippen molar-refractivity contribution in [3.05, 3.63) is 29.8 Å². The van der Waals surface area contributed by atoms with Crippen LogP contribution in [-0.2, 0) is 4.79 Å². The fourth-order valence-electron chi connectivity index (χ4n) is 2.57. The maximum Gasteiger partial charge on any atom is 0.161 e. The molecule has 0 spiro atoms. The fourth-order valence-corrected chi connectivity index (χ4v) is 2.57. The minimum absolute atomic E-state index is 0.152. The van der Waals surface area contributed by atoms with Crippen molar-refractivity contribution >= 4 is 11.9 Å². The largest absolute Gasteiger partial charge is 0.493 e. The quantitative estimate of drug-likeness (QED) is 0.719. The predicted octanol–water partition coefficient (Wildman–Crippen LogP) is 1.92. The number of likely N-dealkylation sites (N-methyl/N-ethyl adjacent to an activating group) is 1. The van der Waals surface area contributed by atoms with E-state index in [-0.39, 0.29) is 5.78 Å². The first-order valence-electron chi connectivity index (χ1n) is 7.96. The summed E-state index contributed by atoms with van der Waals surface area (Å²) in [5.74, 6) is 1.50. The molecule has 0 aromatic heterocycles. The Morgan fingerprint density at radius 3 is 2.48 bits per heavy atom. The molecule has 1 aliphatic rings. The molecule has 1 fully saturated rings. The van der Waals surface area contributed by atoms with Crippen LogP contribution < -0.4 is 9.47 Å². The van der Waals surface area contributed by atoms with E-state index in [0.29, 0.717) is 17.9 Å². The molecule has 1 aromatic carbocycles. The minimum Gasteiger partial charge on any atom is -0.493 e. The summed E-state index contributed by atoms with van der Waals surface area (Å²) in [4.78, 5) is 16.7. The van der Waals surface area contributed by atoms with Crippen molar-refractivity contribution in [3.8, 4) is 11.5 Å². The molecule has 5 heteroatoms. The molecular formula is C18H26N2O3. The molecular weight excluding hydrogens is 292 g/mol. The summed E-state index contributed by atoms with van der Waals surface area (Å²) in [5.41, 5.74) is 0.926. The third kappa shape index (κ3) is 5.37. The van der Waals surface area contributed by atoms with E-state index in [1.165, 1.54) is 0 Å². The summed E-state index contributed by atoms with van der Waals surface area (Å²) in [5, 5.41) is 0. The molecule has 1 saturated heterocycles. The van der Waals surface area contributed by atoms with Gasteiger partial charge in [-0.25, -0.2) is 0 Å². The van der Waals surface area contributed by atoms with Gasteiger partial charge in [0.15, 0.2) is 17.3 Å². The SMILES string of the molecule is COc1ccc(C=CC(=O)CCN2CCN(C)CC2)cc1OC. The summed E-state index contributed by atoms with van der Waals surface area (Å²) < 4.78 is 10.5. The van der Waals surface area contributed by atoms with Crippen LogP contribution >= 0.6 is 0 Å². The maximum atomic E-state index is 12.0. The molecule has 1 heterocycles. The zero-order valence-corrected chi connectivity index (χ0v) is 14.2. The van der Waals surface area contributed by atoms with Gasteiger partial charge in [0.1, 0.15) is 0 Å². The number of carbonyl (C=O) groups excluding carboxylic acids is 1. The summed E-state index contributed by atoms with van der Waals surface area (Å²) in [6, 6.07) is 5.61. The Balaban J connectivity index is 1.83. The van der Waals surface area contributed by atoms with Crippen molar-refractivity contribution < 1.29 is 14.3 Å². The summed E-state index contributed by atoms with van der Waals surface area (Å²) in [6.07, 6.45) is 4.04. The van der Waals surface area contributed by atoms with E-state index >= 15 is 0 Å². The lowest BCUT2D eigenvalue weighted by Gasteiger charge is -2.32. The van der Waals surface area contributed by atoms with Crippen LogP contribution in [0.3, 0.4) is 0 Å². The zero-order chi connectivity index (χ0) is 16.7. The first-order chi connectivity index (χ1) is 11.1. The number of hydrogen-bond donors (Lipinski definition) is 0. The van der Waals surface area contributed by atoms with Crippen molar-refractivity contribution in [2.75, 3.05) is 54.0 Å². The number of methoxy groups -OCH3 is 2. The van der Waals surface area contributed by atoms with Crippen LogP contribution in [0.1, 0.15) is 12.0 Å². The summed E-state index contributed by atoms with van der Waals surface area (Å²) in [7, 11) is 5.34. The lowest BCUT2D eigenvalue weighted by molar-refractivity contribution is -0.114. The highest BCUT2D eigenvalue weighted by Gasteiger charge is 2.13. The average Bonchev–Trinajstić information content (AvgIpc) is 2.59. The van der Waals surface area contributed by atoms with Crippen LogP contribution in [0.2, 0.25) is 0 Å². The Bertz CT molecular complexity index is 549. The molecule has 0 bridgehead atoms. The second kappa shape index (κ2) is 8.70. The van der Waals surface area contributed by atoms with Crippen LogP contribution in [0, 0.1) is 0 Å². The Morgan fingerprint density at radius 2 is 1.83 bits per heavy atom. The molecule has 0 N–H and O–H groups in total. The Morgan fingerprint density at radius 1 is 1.13 bits per heavy atom. The molecule has 0 unspecified atom stereocenters. The molecule has 0 radical (unpaired) electrons. The van der Waals surface area contributed by atoms with Crippen molar-refractivity contribution in [3.63, 3.8) is 0 Å². The second-order valence-corrected chi connectivity index (χ2v) is 5.81. The first kappa shape index (κ1) is 17.5. The number of carbonyl (C=O) groups is 1. The monoisotopic (exact) mass is 318 g/mol. The topological polar surface area (TPSA) is 42.0 Å². The second-order valence-electron chi connectivity index (χ2n) is 5.81. The zero-order valence-electron chi connectivity index (χ0n) is 14.2. The lowest BCUT2D eigenvalue weighted by atomic mass is 10.1. The van der Waals surface area contributed by atoms with E-state index < -0.39 is 0 Å². The number of ketones is 1.